The first-order chi connectivity index (χ1) is 10.3. The molecule has 0 aliphatic carbocycles. The molecule has 0 aliphatic rings. The Kier molecular flexibility index (Phi) is 2.46. The number of nitrogens with zero attached hydrogens (tertiary/aromatic N) is 4. The first-order valence-corrected chi connectivity index (χ1v) is 6.29. The first-order valence-electron chi connectivity index (χ1n) is 6.29. The van der Waals surface area contributed by atoms with Crippen molar-refractivity contribution in [2.45, 2.75) is 6.54 Å². The van der Waals surface area contributed by atoms with Crippen molar-refractivity contribution in [3.05, 3.63) is 53.2 Å². The molecule has 0 amide bonds. The van der Waals surface area contributed by atoms with Gasteiger partial charge in [-0.05, 0) is 12.1 Å². The molecular formula is C13H10N6O2. The standard InChI is InChI=1S/C13H10N6O2/c20-13-15-9-3-1-2-8(11(9)17-13)12-16-10(18-21-12)6-19-5-4-14-7-19/h1-5,7H,6H2,(H2,15,17,20). The predicted molar refractivity (Wildman–Crippen MR) is 73.5 cm³/mol. The molecule has 0 atom stereocenters. The van der Waals surface area contributed by atoms with Crippen molar-refractivity contribution in [1.82, 2.24) is 29.7 Å². The van der Waals surface area contributed by atoms with E-state index in [9.17, 15) is 4.79 Å². The van der Waals surface area contributed by atoms with Crippen LogP contribution in [-0.4, -0.2) is 29.7 Å². The number of benzene rings is 1. The van der Waals surface area contributed by atoms with Crippen LogP contribution in [0.15, 0.2) is 46.2 Å². The molecule has 21 heavy (non-hydrogen) atoms. The van der Waals surface area contributed by atoms with Gasteiger partial charge in [-0.15, -0.1) is 0 Å². The normalized spacial score (nSPS) is 11.2. The Morgan fingerprint density at radius 3 is 3.10 bits per heavy atom. The highest BCUT2D eigenvalue weighted by atomic mass is 16.5. The second kappa shape index (κ2) is 4.44. The highest BCUT2D eigenvalue weighted by Crippen LogP contribution is 2.24. The molecule has 0 unspecified atom stereocenters. The fourth-order valence-electron chi connectivity index (χ4n) is 2.21. The summed E-state index contributed by atoms with van der Waals surface area (Å²) in [5.74, 6) is 0.906. The summed E-state index contributed by atoms with van der Waals surface area (Å²) in [6, 6.07) is 5.45. The predicted octanol–water partition coefficient (Wildman–Crippen LogP) is 1.15. The van der Waals surface area contributed by atoms with Crippen LogP contribution in [-0.2, 0) is 6.54 Å². The first kappa shape index (κ1) is 11.6. The Bertz CT molecular complexity index is 947. The third-order valence-electron chi connectivity index (χ3n) is 3.13. The molecule has 0 fully saturated rings. The Morgan fingerprint density at radius 2 is 2.24 bits per heavy atom. The monoisotopic (exact) mass is 282 g/mol. The number of rotatable bonds is 3. The molecule has 4 rings (SSSR count). The molecule has 2 N–H and O–H groups in total. The largest absolute Gasteiger partial charge is 0.334 e. The molecule has 0 saturated carbocycles. The Hall–Kier alpha value is -3.16. The summed E-state index contributed by atoms with van der Waals surface area (Å²) in [4.78, 5) is 25.1. The number of nitrogens with one attached hydrogen (secondary N) is 2. The maximum atomic E-state index is 11.4. The average Bonchev–Trinajstić information content (AvgIpc) is 3.18. The van der Waals surface area contributed by atoms with Crippen molar-refractivity contribution in [3.63, 3.8) is 0 Å². The van der Waals surface area contributed by atoms with Gasteiger partial charge in [0.25, 0.3) is 5.89 Å². The number of aromatic amines is 2. The van der Waals surface area contributed by atoms with Crippen molar-refractivity contribution < 1.29 is 4.52 Å². The van der Waals surface area contributed by atoms with Gasteiger partial charge in [0.15, 0.2) is 5.82 Å². The molecule has 1 aromatic carbocycles. The van der Waals surface area contributed by atoms with Crippen LogP contribution < -0.4 is 5.69 Å². The van der Waals surface area contributed by atoms with Crippen molar-refractivity contribution in [2.75, 3.05) is 0 Å². The zero-order valence-corrected chi connectivity index (χ0v) is 10.8. The maximum Gasteiger partial charge on any atom is 0.323 e. The maximum absolute atomic E-state index is 11.4. The number of para-hydroxylation sites is 1. The van der Waals surface area contributed by atoms with Gasteiger partial charge in [-0.2, -0.15) is 4.98 Å². The lowest BCUT2D eigenvalue weighted by atomic mass is 10.2. The average molecular weight is 282 g/mol. The zero-order valence-electron chi connectivity index (χ0n) is 10.8. The smallest absolute Gasteiger partial charge is 0.323 e. The van der Waals surface area contributed by atoms with E-state index in [0.717, 1.165) is 0 Å². The van der Waals surface area contributed by atoms with Crippen LogP contribution in [0.5, 0.6) is 0 Å². The molecule has 0 saturated heterocycles. The summed E-state index contributed by atoms with van der Waals surface area (Å²) in [5, 5.41) is 3.94. The molecule has 8 nitrogen and oxygen atoms in total. The van der Waals surface area contributed by atoms with Gasteiger partial charge in [-0.25, -0.2) is 9.78 Å². The van der Waals surface area contributed by atoms with Crippen LogP contribution in [0.3, 0.4) is 0 Å². The van der Waals surface area contributed by atoms with Gasteiger partial charge in [0.2, 0.25) is 0 Å². The van der Waals surface area contributed by atoms with Gasteiger partial charge >= 0.3 is 5.69 Å². The summed E-state index contributed by atoms with van der Waals surface area (Å²) >= 11 is 0. The molecular weight excluding hydrogens is 272 g/mol. The van der Waals surface area contributed by atoms with Crippen LogP contribution in [0.1, 0.15) is 5.82 Å². The lowest BCUT2D eigenvalue weighted by Crippen LogP contribution is -1.99. The molecule has 3 aromatic heterocycles. The minimum atomic E-state index is -0.268. The highest BCUT2D eigenvalue weighted by molar-refractivity contribution is 5.88. The molecule has 0 radical (unpaired) electrons. The minimum absolute atomic E-state index is 0.268. The van der Waals surface area contributed by atoms with Gasteiger partial charge in [-0.3, -0.25) is 0 Å². The molecule has 0 spiro atoms. The summed E-state index contributed by atoms with van der Waals surface area (Å²) in [7, 11) is 0. The Morgan fingerprint density at radius 1 is 1.29 bits per heavy atom. The number of hydrogen-bond donors (Lipinski definition) is 2. The van der Waals surface area contributed by atoms with E-state index in [1.54, 1.807) is 18.6 Å². The zero-order chi connectivity index (χ0) is 14.2. The second-order valence-corrected chi connectivity index (χ2v) is 4.56. The molecule has 4 aromatic rings. The Balaban J connectivity index is 1.75. The van der Waals surface area contributed by atoms with Gasteiger partial charge in [0.1, 0.15) is 0 Å². The summed E-state index contributed by atoms with van der Waals surface area (Å²) in [6.45, 7) is 0.475. The lowest BCUT2D eigenvalue weighted by molar-refractivity contribution is 0.420. The molecule has 104 valence electrons. The van der Waals surface area contributed by atoms with E-state index in [2.05, 4.69) is 25.1 Å². The molecule has 0 bridgehead atoms. The van der Waals surface area contributed by atoms with Crippen LogP contribution >= 0.6 is 0 Å². The summed E-state index contributed by atoms with van der Waals surface area (Å²) < 4.78 is 7.13. The Labute approximate surface area is 117 Å². The van der Waals surface area contributed by atoms with Crippen LogP contribution in [0.4, 0.5) is 0 Å². The number of fused-ring (bicyclic) bond motifs is 1. The van der Waals surface area contributed by atoms with Crippen molar-refractivity contribution in [2.24, 2.45) is 0 Å². The van der Waals surface area contributed by atoms with Crippen LogP contribution in [0, 0.1) is 0 Å². The SMILES string of the molecule is O=c1[nH]c2cccc(-c3nc(Cn4ccnc4)no3)c2[nH]1. The third kappa shape index (κ3) is 2.02. The van der Waals surface area contributed by atoms with Gasteiger partial charge in [0, 0.05) is 12.4 Å². The summed E-state index contributed by atoms with van der Waals surface area (Å²) in [6.07, 6.45) is 5.19. The van der Waals surface area contributed by atoms with Crippen LogP contribution in [0.2, 0.25) is 0 Å². The van der Waals surface area contributed by atoms with Gasteiger partial charge in [0.05, 0.1) is 29.5 Å². The fraction of sp³-hybridized carbons (Fsp3) is 0.0769. The van der Waals surface area contributed by atoms with Crippen molar-refractivity contribution >= 4 is 11.0 Å². The van der Waals surface area contributed by atoms with Crippen molar-refractivity contribution in [3.8, 4) is 11.5 Å². The van der Waals surface area contributed by atoms with Gasteiger partial charge < -0.3 is 19.1 Å². The second-order valence-electron chi connectivity index (χ2n) is 4.56. The summed E-state index contributed by atoms with van der Waals surface area (Å²) in [5.41, 5.74) is 1.78. The quantitative estimate of drug-likeness (QED) is 0.586. The number of H-pyrrole nitrogens is 2. The molecule has 3 heterocycles. The molecule has 8 heteroatoms. The third-order valence-corrected chi connectivity index (χ3v) is 3.13. The van der Waals surface area contributed by atoms with Crippen LogP contribution in [0.25, 0.3) is 22.5 Å². The highest BCUT2D eigenvalue weighted by Gasteiger charge is 2.13. The van der Waals surface area contributed by atoms with E-state index in [1.165, 1.54) is 0 Å². The van der Waals surface area contributed by atoms with E-state index < -0.39 is 0 Å². The van der Waals surface area contributed by atoms with E-state index in [4.69, 9.17) is 4.52 Å². The van der Waals surface area contributed by atoms with E-state index in [-0.39, 0.29) is 5.69 Å². The number of aromatic nitrogens is 6. The van der Waals surface area contributed by atoms with E-state index >= 15 is 0 Å². The van der Waals surface area contributed by atoms with E-state index in [0.29, 0.717) is 34.9 Å². The van der Waals surface area contributed by atoms with Gasteiger partial charge in [-0.1, -0.05) is 11.2 Å². The topological polar surface area (TPSA) is 105 Å². The lowest BCUT2D eigenvalue weighted by Gasteiger charge is -1.96. The van der Waals surface area contributed by atoms with E-state index in [1.807, 2.05) is 22.9 Å². The minimum Gasteiger partial charge on any atom is -0.334 e. The fourth-order valence-corrected chi connectivity index (χ4v) is 2.21. The molecule has 0 aliphatic heterocycles. The number of hydrogen-bond acceptors (Lipinski definition) is 5. The number of imidazole rings is 2. The van der Waals surface area contributed by atoms with Crippen molar-refractivity contribution in [1.29, 1.82) is 0 Å².